The first-order valence-corrected chi connectivity index (χ1v) is 5.65. The second-order valence-electron chi connectivity index (χ2n) is 4.05. The summed E-state index contributed by atoms with van der Waals surface area (Å²) in [7, 11) is 1.59. The van der Waals surface area contributed by atoms with E-state index in [-0.39, 0.29) is 5.43 Å². The maximum absolute atomic E-state index is 12.5. The van der Waals surface area contributed by atoms with E-state index in [2.05, 4.69) is 4.98 Å². The summed E-state index contributed by atoms with van der Waals surface area (Å²) < 4.78 is 5.17. The van der Waals surface area contributed by atoms with Crippen LogP contribution < -0.4 is 10.2 Å². The topological polar surface area (TPSA) is 39.2 Å². The molecular formula is C15H11NO2. The Bertz CT molecular complexity index is 797. The summed E-state index contributed by atoms with van der Waals surface area (Å²) in [6.45, 7) is 0. The first-order valence-electron chi connectivity index (χ1n) is 5.65. The number of ether oxygens (including phenoxy) is 1. The molecule has 0 N–H and O–H groups in total. The van der Waals surface area contributed by atoms with Gasteiger partial charge in [0.15, 0.2) is 5.43 Å². The molecule has 2 aromatic carbocycles. The minimum atomic E-state index is -0.0167. The van der Waals surface area contributed by atoms with Crippen LogP contribution in [0.2, 0.25) is 0 Å². The van der Waals surface area contributed by atoms with Crippen molar-refractivity contribution < 1.29 is 4.74 Å². The van der Waals surface area contributed by atoms with Gasteiger partial charge in [0, 0.05) is 17.0 Å². The number of hydrogen-bond acceptors (Lipinski definition) is 3. The SMILES string of the molecule is COc1ccc2ccc3ncccc3c(=O)c2c1. The maximum atomic E-state index is 12.5. The van der Waals surface area contributed by atoms with Crippen molar-refractivity contribution in [3.05, 3.63) is 58.9 Å². The predicted molar refractivity (Wildman–Crippen MR) is 72.1 cm³/mol. The summed E-state index contributed by atoms with van der Waals surface area (Å²) in [4.78, 5) is 16.7. The van der Waals surface area contributed by atoms with Gasteiger partial charge in [-0.25, -0.2) is 0 Å². The Morgan fingerprint density at radius 1 is 1.06 bits per heavy atom. The van der Waals surface area contributed by atoms with Gasteiger partial charge in [0.2, 0.25) is 0 Å². The monoisotopic (exact) mass is 237 g/mol. The highest BCUT2D eigenvalue weighted by Gasteiger charge is 2.03. The lowest BCUT2D eigenvalue weighted by Gasteiger charge is -1.99. The average molecular weight is 237 g/mol. The summed E-state index contributed by atoms with van der Waals surface area (Å²) in [5.41, 5.74) is 0.690. The Balaban J connectivity index is 2.56. The quantitative estimate of drug-likeness (QED) is 0.653. The minimum Gasteiger partial charge on any atom is -0.497 e. The predicted octanol–water partition coefficient (Wildman–Crippen LogP) is 2.76. The molecule has 0 aliphatic heterocycles. The van der Waals surface area contributed by atoms with Gasteiger partial charge < -0.3 is 4.74 Å². The van der Waals surface area contributed by atoms with Gasteiger partial charge in [0.1, 0.15) is 5.75 Å². The number of rotatable bonds is 1. The number of pyridine rings is 1. The Kier molecular flexibility index (Phi) is 2.45. The summed E-state index contributed by atoms with van der Waals surface area (Å²) in [6, 6.07) is 12.8. The molecule has 0 amide bonds. The van der Waals surface area contributed by atoms with Crippen LogP contribution in [0.15, 0.2) is 53.5 Å². The van der Waals surface area contributed by atoms with Gasteiger partial charge in [-0.1, -0.05) is 12.1 Å². The van der Waals surface area contributed by atoms with Crippen LogP contribution in [0.5, 0.6) is 5.75 Å². The normalized spacial score (nSPS) is 10.7. The van der Waals surface area contributed by atoms with Gasteiger partial charge in [-0.2, -0.15) is 0 Å². The summed E-state index contributed by atoms with van der Waals surface area (Å²) in [5.74, 6) is 0.683. The highest BCUT2D eigenvalue weighted by Crippen LogP contribution is 2.19. The lowest BCUT2D eigenvalue weighted by atomic mass is 10.1. The fourth-order valence-corrected chi connectivity index (χ4v) is 2.06. The Morgan fingerprint density at radius 3 is 2.72 bits per heavy atom. The van der Waals surface area contributed by atoms with Crippen LogP contribution in [0.3, 0.4) is 0 Å². The van der Waals surface area contributed by atoms with E-state index in [4.69, 9.17) is 4.74 Å². The molecule has 18 heavy (non-hydrogen) atoms. The molecule has 1 heterocycles. The van der Waals surface area contributed by atoms with Crippen LogP contribution >= 0.6 is 0 Å². The minimum absolute atomic E-state index is 0.0167. The van der Waals surface area contributed by atoms with E-state index in [0.29, 0.717) is 22.0 Å². The molecule has 0 spiro atoms. The zero-order valence-electron chi connectivity index (χ0n) is 9.88. The third-order valence-electron chi connectivity index (χ3n) is 3.01. The van der Waals surface area contributed by atoms with E-state index in [1.165, 1.54) is 0 Å². The van der Waals surface area contributed by atoms with Crippen molar-refractivity contribution >= 4 is 21.7 Å². The van der Waals surface area contributed by atoms with Crippen LogP contribution in [0.25, 0.3) is 21.7 Å². The first kappa shape index (κ1) is 10.7. The zero-order chi connectivity index (χ0) is 12.5. The summed E-state index contributed by atoms with van der Waals surface area (Å²) >= 11 is 0. The molecule has 3 rings (SSSR count). The van der Waals surface area contributed by atoms with Crippen molar-refractivity contribution in [3.63, 3.8) is 0 Å². The van der Waals surface area contributed by atoms with Crippen molar-refractivity contribution in [1.29, 1.82) is 0 Å². The standard InChI is InChI=1S/C15H11NO2/c1-18-11-6-4-10-5-7-14-12(3-2-8-16-14)15(17)13(10)9-11/h2-9H,1H3. The number of fused-ring (bicyclic) bond motifs is 2. The molecule has 3 heteroatoms. The van der Waals surface area contributed by atoms with Crippen LogP contribution in [0, 0.1) is 0 Å². The molecule has 0 unspecified atom stereocenters. The van der Waals surface area contributed by atoms with Crippen molar-refractivity contribution in [2.75, 3.05) is 7.11 Å². The highest BCUT2D eigenvalue weighted by atomic mass is 16.5. The lowest BCUT2D eigenvalue weighted by Crippen LogP contribution is -1.99. The maximum Gasteiger partial charge on any atom is 0.195 e. The van der Waals surface area contributed by atoms with Gasteiger partial charge in [0.25, 0.3) is 0 Å². The fraction of sp³-hybridized carbons (Fsp3) is 0.0667. The molecule has 0 fully saturated rings. The lowest BCUT2D eigenvalue weighted by molar-refractivity contribution is 0.415. The van der Waals surface area contributed by atoms with E-state index >= 15 is 0 Å². The first-order chi connectivity index (χ1) is 8.79. The Hall–Kier alpha value is -2.42. The van der Waals surface area contributed by atoms with Gasteiger partial charge in [-0.15, -0.1) is 0 Å². The second-order valence-corrected chi connectivity index (χ2v) is 4.05. The van der Waals surface area contributed by atoms with E-state index < -0.39 is 0 Å². The van der Waals surface area contributed by atoms with E-state index in [9.17, 15) is 4.79 Å². The largest absolute Gasteiger partial charge is 0.497 e. The number of methoxy groups -OCH3 is 1. The Morgan fingerprint density at radius 2 is 1.89 bits per heavy atom. The third-order valence-corrected chi connectivity index (χ3v) is 3.01. The molecule has 0 aliphatic carbocycles. The van der Waals surface area contributed by atoms with Crippen LogP contribution in [0.1, 0.15) is 0 Å². The molecule has 0 bridgehead atoms. The third kappa shape index (κ3) is 1.61. The summed E-state index contributed by atoms with van der Waals surface area (Å²) in [5, 5.41) is 2.16. The highest BCUT2D eigenvalue weighted by molar-refractivity contribution is 5.92. The Labute approximate surface area is 104 Å². The molecule has 0 atom stereocenters. The van der Waals surface area contributed by atoms with Crippen molar-refractivity contribution in [2.45, 2.75) is 0 Å². The van der Waals surface area contributed by atoms with Crippen LogP contribution in [-0.4, -0.2) is 12.1 Å². The van der Waals surface area contributed by atoms with Crippen molar-refractivity contribution in [1.82, 2.24) is 4.98 Å². The van der Waals surface area contributed by atoms with E-state index in [1.807, 2.05) is 24.3 Å². The molecule has 3 aromatic rings. The molecule has 3 nitrogen and oxygen atoms in total. The summed E-state index contributed by atoms with van der Waals surface area (Å²) in [6.07, 6.45) is 1.69. The fourth-order valence-electron chi connectivity index (χ4n) is 2.06. The van der Waals surface area contributed by atoms with Crippen molar-refractivity contribution in [2.24, 2.45) is 0 Å². The average Bonchev–Trinajstić information content (AvgIpc) is 2.57. The number of aromatic nitrogens is 1. The molecule has 0 saturated carbocycles. The van der Waals surface area contributed by atoms with E-state index in [1.54, 1.807) is 31.5 Å². The smallest absolute Gasteiger partial charge is 0.195 e. The molecule has 0 radical (unpaired) electrons. The number of hydrogen-bond donors (Lipinski definition) is 0. The van der Waals surface area contributed by atoms with Crippen LogP contribution in [-0.2, 0) is 0 Å². The van der Waals surface area contributed by atoms with Gasteiger partial charge in [-0.05, 0) is 35.7 Å². The molecule has 0 saturated heterocycles. The van der Waals surface area contributed by atoms with Gasteiger partial charge in [-0.3, -0.25) is 9.78 Å². The number of benzene rings is 1. The number of nitrogens with zero attached hydrogens (tertiary/aromatic N) is 1. The second kappa shape index (κ2) is 4.11. The van der Waals surface area contributed by atoms with Gasteiger partial charge in [0.05, 0.1) is 12.6 Å². The molecular weight excluding hydrogens is 226 g/mol. The van der Waals surface area contributed by atoms with Crippen molar-refractivity contribution in [3.8, 4) is 5.75 Å². The zero-order valence-corrected chi connectivity index (χ0v) is 9.88. The molecule has 1 aromatic heterocycles. The van der Waals surface area contributed by atoms with Gasteiger partial charge >= 0.3 is 0 Å². The molecule has 88 valence electrons. The van der Waals surface area contributed by atoms with Crippen LogP contribution in [0.4, 0.5) is 0 Å². The van der Waals surface area contributed by atoms with E-state index in [0.717, 1.165) is 5.39 Å². The molecule has 0 aliphatic rings.